The number of methoxy groups -OCH3 is 1. The maximum atomic E-state index is 5.52. The molecule has 2 aromatic carbocycles. The van der Waals surface area contributed by atoms with Crippen LogP contribution in [0.2, 0.25) is 0 Å². The standard InChI is InChI=1S/C18H17N2O/c1-21-16-9-5-3-7-14(16)17-18-13(10-11-19-17)12-6-2-4-8-15(12)20-18/h2-9,17,19H,10-11H2,1H3. The normalized spacial score (nSPS) is 19.8. The van der Waals surface area contributed by atoms with Crippen LogP contribution in [-0.2, 0) is 0 Å². The number of rotatable bonds is 2. The van der Waals surface area contributed by atoms with Gasteiger partial charge < -0.3 is 10.1 Å². The summed E-state index contributed by atoms with van der Waals surface area (Å²) in [6.07, 6.45) is 1.03. The second kappa shape index (κ2) is 4.93. The Hall–Kier alpha value is -2.26. The maximum absolute atomic E-state index is 5.52. The molecule has 2 aliphatic heterocycles. The summed E-state index contributed by atoms with van der Waals surface area (Å²) < 4.78 is 5.52. The Morgan fingerprint density at radius 1 is 1.10 bits per heavy atom. The predicted molar refractivity (Wildman–Crippen MR) is 83.5 cm³/mol. The molecule has 0 aromatic heterocycles. The van der Waals surface area contributed by atoms with Gasteiger partial charge in [-0.3, -0.25) is 5.32 Å². The highest BCUT2D eigenvalue weighted by atomic mass is 16.5. The lowest BCUT2D eigenvalue weighted by molar-refractivity contribution is 0.402. The van der Waals surface area contributed by atoms with Crippen molar-refractivity contribution < 1.29 is 4.74 Å². The van der Waals surface area contributed by atoms with Crippen molar-refractivity contribution >= 4 is 11.3 Å². The lowest BCUT2D eigenvalue weighted by atomic mass is 9.92. The maximum Gasteiger partial charge on any atom is 0.124 e. The minimum atomic E-state index is 0.109. The van der Waals surface area contributed by atoms with Gasteiger partial charge in [0.25, 0.3) is 0 Å². The van der Waals surface area contributed by atoms with Gasteiger partial charge in [0.1, 0.15) is 5.75 Å². The molecule has 1 radical (unpaired) electrons. The van der Waals surface area contributed by atoms with Gasteiger partial charge in [0.05, 0.1) is 24.5 Å². The van der Waals surface area contributed by atoms with Crippen LogP contribution >= 0.6 is 0 Å². The molecule has 1 unspecified atom stereocenters. The van der Waals surface area contributed by atoms with E-state index in [0.717, 1.165) is 35.7 Å². The minimum Gasteiger partial charge on any atom is -0.496 e. The zero-order valence-corrected chi connectivity index (χ0v) is 12.0. The highest BCUT2D eigenvalue weighted by Crippen LogP contribution is 2.44. The van der Waals surface area contributed by atoms with E-state index in [1.807, 2.05) is 18.2 Å². The summed E-state index contributed by atoms with van der Waals surface area (Å²) in [7, 11) is 1.72. The van der Waals surface area contributed by atoms with Gasteiger partial charge in [-0.1, -0.05) is 36.4 Å². The molecule has 0 saturated carbocycles. The quantitative estimate of drug-likeness (QED) is 0.913. The van der Waals surface area contributed by atoms with Crippen LogP contribution in [0.5, 0.6) is 5.75 Å². The number of nitrogens with one attached hydrogen (secondary N) is 1. The fraction of sp³-hybridized carbons (Fsp3) is 0.222. The number of benzene rings is 2. The van der Waals surface area contributed by atoms with Crippen molar-refractivity contribution in [2.45, 2.75) is 12.5 Å². The first kappa shape index (κ1) is 12.5. The Morgan fingerprint density at radius 3 is 2.81 bits per heavy atom. The largest absolute Gasteiger partial charge is 0.496 e. The topological polar surface area (TPSA) is 35.4 Å². The monoisotopic (exact) mass is 277 g/mol. The summed E-state index contributed by atoms with van der Waals surface area (Å²) in [6.45, 7) is 0.964. The van der Waals surface area contributed by atoms with E-state index >= 15 is 0 Å². The number of fused-ring (bicyclic) bond motifs is 2. The molecule has 2 aromatic rings. The zero-order chi connectivity index (χ0) is 14.2. The Kier molecular flexibility index (Phi) is 2.93. The highest BCUT2D eigenvalue weighted by molar-refractivity contribution is 5.83. The lowest BCUT2D eigenvalue weighted by Gasteiger charge is -2.27. The van der Waals surface area contributed by atoms with E-state index in [1.54, 1.807) is 7.11 Å². The Bertz CT molecular complexity index is 721. The van der Waals surface area contributed by atoms with Gasteiger partial charge in [0.2, 0.25) is 0 Å². The van der Waals surface area contributed by atoms with Crippen LogP contribution in [0.15, 0.2) is 54.2 Å². The van der Waals surface area contributed by atoms with E-state index < -0.39 is 0 Å². The number of ether oxygens (including phenoxy) is 1. The fourth-order valence-corrected chi connectivity index (χ4v) is 3.26. The minimum absolute atomic E-state index is 0.109. The molecule has 3 nitrogen and oxygen atoms in total. The van der Waals surface area contributed by atoms with Crippen molar-refractivity contribution in [1.29, 1.82) is 0 Å². The molecule has 0 bridgehead atoms. The van der Waals surface area contributed by atoms with Crippen molar-refractivity contribution in [3.8, 4) is 5.75 Å². The summed E-state index contributed by atoms with van der Waals surface area (Å²) in [4.78, 5) is 0. The molecule has 3 heteroatoms. The van der Waals surface area contributed by atoms with Gasteiger partial charge in [0, 0.05) is 17.7 Å². The number of hydrogen-bond donors (Lipinski definition) is 1. The molecule has 2 aliphatic rings. The second-order valence-corrected chi connectivity index (χ2v) is 5.37. The van der Waals surface area contributed by atoms with Crippen molar-refractivity contribution in [1.82, 2.24) is 10.6 Å². The van der Waals surface area contributed by atoms with Gasteiger partial charge in [-0.25, -0.2) is 0 Å². The summed E-state index contributed by atoms with van der Waals surface area (Å²) in [6, 6.07) is 16.7. The molecule has 0 fully saturated rings. The molecule has 1 atom stereocenters. The number of nitrogens with zero attached hydrogens (tertiary/aromatic N) is 1. The molecule has 105 valence electrons. The summed E-state index contributed by atoms with van der Waals surface area (Å²) >= 11 is 0. The molecule has 21 heavy (non-hydrogen) atoms. The number of hydrogen-bond acceptors (Lipinski definition) is 2. The van der Waals surface area contributed by atoms with Crippen LogP contribution in [0, 0.1) is 0 Å². The summed E-state index contributed by atoms with van der Waals surface area (Å²) in [5.41, 5.74) is 6.05. The summed E-state index contributed by atoms with van der Waals surface area (Å²) in [5, 5.41) is 8.45. The van der Waals surface area contributed by atoms with Gasteiger partial charge >= 0.3 is 0 Å². The fourth-order valence-electron chi connectivity index (χ4n) is 3.26. The molecule has 0 saturated heterocycles. The molecule has 0 amide bonds. The average molecular weight is 277 g/mol. The Labute approximate surface area is 124 Å². The van der Waals surface area contributed by atoms with Gasteiger partial charge in [-0.15, -0.1) is 0 Å². The Morgan fingerprint density at radius 2 is 1.90 bits per heavy atom. The van der Waals surface area contributed by atoms with Crippen LogP contribution in [0.25, 0.3) is 5.57 Å². The molecule has 2 heterocycles. The Balaban J connectivity index is 1.81. The van der Waals surface area contributed by atoms with Crippen molar-refractivity contribution in [2.75, 3.05) is 13.7 Å². The molecule has 4 rings (SSSR count). The van der Waals surface area contributed by atoms with Crippen molar-refractivity contribution in [3.63, 3.8) is 0 Å². The van der Waals surface area contributed by atoms with Crippen LogP contribution in [0.3, 0.4) is 0 Å². The molecule has 0 spiro atoms. The van der Waals surface area contributed by atoms with Crippen LogP contribution in [0.4, 0.5) is 5.69 Å². The number of para-hydroxylation sites is 2. The smallest absolute Gasteiger partial charge is 0.124 e. The average Bonchev–Trinajstić information content (AvgIpc) is 2.93. The van der Waals surface area contributed by atoms with E-state index in [1.165, 1.54) is 11.1 Å². The van der Waals surface area contributed by atoms with E-state index in [9.17, 15) is 0 Å². The second-order valence-electron chi connectivity index (χ2n) is 5.37. The lowest BCUT2D eigenvalue weighted by Crippen LogP contribution is -2.30. The first-order valence-electron chi connectivity index (χ1n) is 7.29. The third kappa shape index (κ3) is 1.93. The van der Waals surface area contributed by atoms with E-state index in [4.69, 9.17) is 10.1 Å². The van der Waals surface area contributed by atoms with Crippen molar-refractivity contribution in [2.24, 2.45) is 0 Å². The molecule has 1 N–H and O–H groups in total. The summed E-state index contributed by atoms with van der Waals surface area (Å²) in [5.74, 6) is 0.912. The first-order chi connectivity index (χ1) is 10.4. The SMILES string of the molecule is COc1ccccc1C1NCCC2=C1[N]c1ccccc12. The molecular weight excluding hydrogens is 260 g/mol. The van der Waals surface area contributed by atoms with E-state index in [2.05, 4.69) is 35.6 Å². The molecule has 0 aliphatic carbocycles. The van der Waals surface area contributed by atoms with Gasteiger partial charge in [0.15, 0.2) is 0 Å². The molecular formula is C18H17N2O. The van der Waals surface area contributed by atoms with Gasteiger partial charge in [-0.05, 0) is 24.1 Å². The zero-order valence-electron chi connectivity index (χ0n) is 12.0. The first-order valence-corrected chi connectivity index (χ1v) is 7.29. The van der Waals surface area contributed by atoms with Crippen LogP contribution in [-0.4, -0.2) is 13.7 Å². The van der Waals surface area contributed by atoms with Crippen LogP contribution < -0.4 is 15.4 Å². The predicted octanol–water partition coefficient (Wildman–Crippen LogP) is 3.39. The van der Waals surface area contributed by atoms with Gasteiger partial charge in [-0.2, -0.15) is 0 Å². The highest BCUT2D eigenvalue weighted by Gasteiger charge is 2.33. The van der Waals surface area contributed by atoms with E-state index in [0.29, 0.717) is 0 Å². The van der Waals surface area contributed by atoms with Crippen molar-refractivity contribution in [3.05, 3.63) is 65.4 Å². The third-order valence-corrected chi connectivity index (χ3v) is 4.23. The van der Waals surface area contributed by atoms with Crippen LogP contribution in [0.1, 0.15) is 23.6 Å². The third-order valence-electron chi connectivity index (χ3n) is 4.23. The van der Waals surface area contributed by atoms with E-state index in [-0.39, 0.29) is 6.04 Å².